The molecule has 31 heavy (non-hydrogen) atoms. The number of esters is 1. The molecule has 3 aliphatic carbocycles. The maximum Gasteiger partial charge on any atom is 0.343 e. The zero-order chi connectivity index (χ0) is 21.7. The Morgan fingerprint density at radius 1 is 1.26 bits per heavy atom. The number of pyridine rings is 1. The second-order valence-corrected chi connectivity index (χ2v) is 9.03. The summed E-state index contributed by atoms with van der Waals surface area (Å²) >= 11 is 0. The van der Waals surface area contributed by atoms with Crippen LogP contribution in [-0.4, -0.2) is 34.1 Å². The minimum Gasteiger partial charge on any atom is -0.458 e. The normalized spacial score (nSPS) is 26.5. The van der Waals surface area contributed by atoms with E-state index in [4.69, 9.17) is 9.72 Å². The number of hydrogen-bond donors (Lipinski definition) is 1. The number of rotatable bonds is 1. The molecule has 1 aliphatic heterocycles. The topological polar surface area (TPSA) is 76.5 Å². The van der Waals surface area contributed by atoms with Gasteiger partial charge in [-0.15, -0.1) is 0 Å². The smallest absolute Gasteiger partial charge is 0.343 e. The van der Waals surface area contributed by atoms with Crippen LogP contribution in [0.25, 0.3) is 16.5 Å². The van der Waals surface area contributed by atoms with Crippen molar-refractivity contribution < 1.29 is 23.8 Å². The number of aromatic nitrogens is 1. The number of fused-ring (bicyclic) bond motifs is 4. The van der Waals surface area contributed by atoms with Crippen LogP contribution in [0.15, 0.2) is 23.3 Å². The molecular weight excluding hydrogens is 397 g/mol. The molecule has 0 radical (unpaired) electrons. The number of carbonyl (C=O) groups is 2. The van der Waals surface area contributed by atoms with E-state index >= 15 is 0 Å². The highest BCUT2D eigenvalue weighted by Gasteiger charge is 2.50. The average molecular weight is 419 g/mol. The molecule has 6 heteroatoms. The Hall–Kier alpha value is -2.86. The fourth-order valence-electron chi connectivity index (χ4n) is 5.87. The van der Waals surface area contributed by atoms with Gasteiger partial charge in [0.25, 0.3) is 0 Å². The summed E-state index contributed by atoms with van der Waals surface area (Å²) in [6, 6.07) is 1.49. The lowest BCUT2D eigenvalue weighted by Gasteiger charge is -2.35. The number of cyclic esters (lactones) is 1. The number of aliphatic hydroxyl groups is 1. The number of halogens is 1. The number of ketones is 1. The summed E-state index contributed by atoms with van der Waals surface area (Å²) in [6.07, 6.45) is 5.08. The van der Waals surface area contributed by atoms with Gasteiger partial charge in [0.1, 0.15) is 12.4 Å². The molecule has 6 rings (SSSR count). The van der Waals surface area contributed by atoms with Crippen molar-refractivity contribution in [2.24, 2.45) is 5.92 Å². The van der Waals surface area contributed by atoms with Gasteiger partial charge in [-0.25, -0.2) is 14.2 Å². The molecule has 0 bridgehead atoms. The summed E-state index contributed by atoms with van der Waals surface area (Å²) in [5, 5.41) is 12.1. The zero-order valence-electron chi connectivity index (χ0n) is 17.5. The summed E-state index contributed by atoms with van der Waals surface area (Å²) in [7, 11) is 0. The lowest BCUT2D eigenvalue weighted by molar-refractivity contribution is -0.163. The third kappa shape index (κ3) is 2.26. The number of benzene rings is 1. The van der Waals surface area contributed by atoms with Crippen LogP contribution >= 0.6 is 0 Å². The van der Waals surface area contributed by atoms with Crippen LogP contribution in [0.5, 0.6) is 0 Å². The Labute approximate surface area is 178 Å². The fourth-order valence-corrected chi connectivity index (χ4v) is 5.87. The molecule has 2 atom stereocenters. The Bertz CT molecular complexity index is 1300. The fraction of sp³-hybridized carbons (Fsp3) is 0.400. The highest BCUT2D eigenvalue weighted by atomic mass is 19.1. The lowest BCUT2D eigenvalue weighted by Crippen LogP contribution is -2.48. The Morgan fingerprint density at radius 3 is 2.81 bits per heavy atom. The second kappa shape index (κ2) is 6.10. The van der Waals surface area contributed by atoms with Gasteiger partial charge in [0.05, 0.1) is 17.1 Å². The van der Waals surface area contributed by atoms with E-state index in [2.05, 4.69) is 0 Å². The van der Waals surface area contributed by atoms with Crippen molar-refractivity contribution in [1.82, 2.24) is 4.98 Å². The zero-order valence-corrected chi connectivity index (χ0v) is 17.5. The van der Waals surface area contributed by atoms with Crippen molar-refractivity contribution in [2.45, 2.75) is 51.6 Å². The van der Waals surface area contributed by atoms with Crippen molar-refractivity contribution in [3.8, 4) is 0 Å². The maximum atomic E-state index is 14.6. The molecule has 4 aliphatic rings. The molecule has 2 heterocycles. The van der Waals surface area contributed by atoms with Crippen LogP contribution in [0.4, 0.5) is 4.39 Å². The molecule has 2 aromatic rings. The van der Waals surface area contributed by atoms with Crippen molar-refractivity contribution in [2.75, 3.05) is 6.61 Å². The molecule has 0 saturated heterocycles. The van der Waals surface area contributed by atoms with Crippen LogP contribution in [0.3, 0.4) is 0 Å². The van der Waals surface area contributed by atoms with E-state index in [1.54, 1.807) is 13.0 Å². The molecular formula is C25H22FNO4. The molecule has 0 spiro atoms. The molecule has 1 aromatic heterocycles. The van der Waals surface area contributed by atoms with Crippen LogP contribution in [0.2, 0.25) is 0 Å². The van der Waals surface area contributed by atoms with Gasteiger partial charge >= 0.3 is 5.97 Å². The van der Waals surface area contributed by atoms with E-state index in [-0.39, 0.29) is 24.6 Å². The number of aryl methyl sites for hydroxylation is 2. The predicted molar refractivity (Wildman–Crippen MR) is 112 cm³/mol. The first kappa shape index (κ1) is 18.9. The molecule has 5 nitrogen and oxygen atoms in total. The van der Waals surface area contributed by atoms with Gasteiger partial charge in [-0.2, -0.15) is 0 Å². The molecule has 0 amide bonds. The van der Waals surface area contributed by atoms with E-state index in [9.17, 15) is 19.1 Å². The van der Waals surface area contributed by atoms with E-state index in [1.807, 2.05) is 6.92 Å². The molecule has 1 unspecified atom stereocenters. The largest absolute Gasteiger partial charge is 0.458 e. The number of ether oxygens (including phenoxy) is 1. The third-order valence-corrected chi connectivity index (χ3v) is 7.61. The van der Waals surface area contributed by atoms with Gasteiger partial charge in [-0.1, -0.05) is 6.92 Å². The number of allylic oxidation sites excluding steroid dienone is 1. The summed E-state index contributed by atoms with van der Waals surface area (Å²) in [4.78, 5) is 30.6. The van der Waals surface area contributed by atoms with Gasteiger partial charge in [-0.05, 0) is 72.9 Å². The first-order valence-electron chi connectivity index (χ1n) is 10.9. The molecule has 158 valence electrons. The third-order valence-electron chi connectivity index (χ3n) is 7.61. The Kier molecular flexibility index (Phi) is 3.71. The first-order valence-corrected chi connectivity index (χ1v) is 10.9. The second-order valence-electron chi connectivity index (χ2n) is 9.03. The average Bonchev–Trinajstić information content (AvgIpc) is 3.14. The molecule has 1 N–H and O–H groups in total. The lowest BCUT2D eigenvalue weighted by atomic mass is 9.75. The van der Waals surface area contributed by atoms with Crippen molar-refractivity contribution in [3.63, 3.8) is 0 Å². The Morgan fingerprint density at radius 2 is 2.03 bits per heavy atom. The SMILES string of the molecule is CC[C@@]1(O)C(=O)OCC2=C1C=C1c3nc4cc(F)c(C)c5c4c(c3CC1C2=O)CCC5. The van der Waals surface area contributed by atoms with E-state index in [0.717, 1.165) is 41.3 Å². The van der Waals surface area contributed by atoms with Crippen LogP contribution < -0.4 is 0 Å². The summed E-state index contributed by atoms with van der Waals surface area (Å²) in [5.41, 5.74) is 4.88. The van der Waals surface area contributed by atoms with Gasteiger partial charge in [-0.3, -0.25) is 4.79 Å². The van der Waals surface area contributed by atoms with Crippen molar-refractivity contribution >= 4 is 28.2 Å². The Balaban J connectivity index is 1.63. The molecule has 0 saturated carbocycles. The predicted octanol–water partition coefficient (Wildman–Crippen LogP) is 3.30. The van der Waals surface area contributed by atoms with Crippen LogP contribution in [0.1, 0.15) is 47.7 Å². The molecule has 1 aromatic carbocycles. The van der Waals surface area contributed by atoms with Gasteiger partial charge in [0.2, 0.25) is 0 Å². The van der Waals surface area contributed by atoms with Crippen LogP contribution in [0, 0.1) is 18.7 Å². The summed E-state index contributed by atoms with van der Waals surface area (Å²) in [5.74, 6) is -1.49. The molecule has 0 fully saturated rings. The summed E-state index contributed by atoms with van der Waals surface area (Å²) in [6.45, 7) is 3.40. The minimum atomic E-state index is -1.83. The van der Waals surface area contributed by atoms with E-state index < -0.39 is 17.5 Å². The first-order chi connectivity index (χ1) is 14.8. The number of nitrogens with zero attached hydrogens (tertiary/aromatic N) is 1. The monoisotopic (exact) mass is 419 g/mol. The number of carbonyl (C=O) groups excluding carboxylic acids is 2. The standard InChI is InChI=1S/C25H22FNO4/c1-3-25(30)18-8-15-16(23(28)17(18)10-31-24(25)29)7-14-13-6-4-5-12-11(2)19(26)9-20(21(12)13)27-22(14)15/h8-9,16,30H,3-7,10H2,1-2H3/t16?,25-/m0/s1. The number of hydrogen-bond acceptors (Lipinski definition) is 5. The van der Waals surface area contributed by atoms with Crippen molar-refractivity contribution in [1.29, 1.82) is 0 Å². The van der Waals surface area contributed by atoms with Gasteiger partial charge in [0, 0.05) is 22.6 Å². The minimum absolute atomic E-state index is 0.108. The highest BCUT2D eigenvalue weighted by molar-refractivity contribution is 6.12. The van der Waals surface area contributed by atoms with Crippen LogP contribution in [-0.2, 0) is 33.6 Å². The maximum absolute atomic E-state index is 14.6. The van der Waals surface area contributed by atoms with Crippen molar-refractivity contribution in [3.05, 3.63) is 57.1 Å². The van der Waals surface area contributed by atoms with Gasteiger partial charge in [0.15, 0.2) is 11.4 Å². The quantitative estimate of drug-likeness (QED) is 0.718. The van der Waals surface area contributed by atoms with E-state index in [1.165, 1.54) is 11.6 Å². The highest BCUT2D eigenvalue weighted by Crippen LogP contribution is 2.49. The van der Waals surface area contributed by atoms with E-state index in [0.29, 0.717) is 34.3 Å². The van der Waals surface area contributed by atoms with Gasteiger partial charge < -0.3 is 9.84 Å². The summed E-state index contributed by atoms with van der Waals surface area (Å²) < 4.78 is 19.8. The number of Topliss-reactive ketones (excluding diaryl/α,β-unsaturated/α-hetero) is 1.